The molecule has 0 saturated carbocycles. The maximum atomic E-state index is 12.5. The Labute approximate surface area is 125 Å². The van der Waals surface area contributed by atoms with E-state index >= 15 is 0 Å². The van der Waals surface area contributed by atoms with Crippen molar-refractivity contribution in [3.63, 3.8) is 0 Å². The third-order valence-electron chi connectivity index (χ3n) is 3.51. The molecular formula is C14H17F3OS2. The monoisotopic (exact) mass is 322 g/mol. The van der Waals surface area contributed by atoms with Gasteiger partial charge >= 0.3 is 6.18 Å². The van der Waals surface area contributed by atoms with Crippen molar-refractivity contribution in [2.45, 2.75) is 41.9 Å². The smallest absolute Gasteiger partial charge is 0.387 e. The molecule has 0 spiro atoms. The number of hydrogen-bond donors (Lipinski definition) is 1. The van der Waals surface area contributed by atoms with Gasteiger partial charge in [0.1, 0.15) is 0 Å². The summed E-state index contributed by atoms with van der Waals surface area (Å²) in [5, 5.41) is 11.3. The van der Waals surface area contributed by atoms with Gasteiger partial charge in [-0.25, -0.2) is 0 Å². The molecule has 1 aromatic carbocycles. The van der Waals surface area contributed by atoms with Crippen LogP contribution < -0.4 is 0 Å². The second kappa shape index (κ2) is 6.20. The van der Waals surface area contributed by atoms with Gasteiger partial charge in [0.05, 0.1) is 11.7 Å². The van der Waals surface area contributed by atoms with Crippen molar-refractivity contribution in [1.29, 1.82) is 0 Å². The minimum absolute atomic E-state index is 0.0305. The van der Waals surface area contributed by atoms with Gasteiger partial charge in [-0.15, -0.1) is 0 Å². The molecule has 0 aromatic heterocycles. The molecule has 1 aliphatic heterocycles. The van der Waals surface area contributed by atoms with Gasteiger partial charge in [-0.3, -0.25) is 0 Å². The summed E-state index contributed by atoms with van der Waals surface area (Å²) in [5.74, 6) is 0.818. The summed E-state index contributed by atoms with van der Waals surface area (Å²) in [6, 6.07) is 4.82. The lowest BCUT2D eigenvalue weighted by atomic mass is 10.0. The molecule has 1 heterocycles. The Balaban J connectivity index is 2.08. The van der Waals surface area contributed by atoms with Crippen LogP contribution in [0.4, 0.5) is 13.2 Å². The fraction of sp³-hybridized carbons (Fsp3) is 0.571. The van der Waals surface area contributed by atoms with Crippen LogP contribution in [0.5, 0.6) is 0 Å². The normalized spacial score (nSPS) is 29.2. The van der Waals surface area contributed by atoms with Gasteiger partial charge in [0.2, 0.25) is 0 Å². The Morgan fingerprint density at radius 2 is 1.75 bits per heavy atom. The van der Waals surface area contributed by atoms with Gasteiger partial charge in [0.15, 0.2) is 0 Å². The van der Waals surface area contributed by atoms with E-state index < -0.39 is 17.8 Å². The molecule has 112 valence electrons. The summed E-state index contributed by atoms with van der Waals surface area (Å²) < 4.78 is 37.5. The van der Waals surface area contributed by atoms with E-state index in [1.807, 2.05) is 0 Å². The van der Waals surface area contributed by atoms with E-state index in [1.165, 1.54) is 12.1 Å². The standard InChI is InChI=1S/C14H17F3OS2/c1-8-9(2)20-12(7-19-8)13(18)10-3-5-11(6-4-10)14(15,16)17/h3-6,8-9,12-13,18H,7H2,1-2H3. The molecule has 1 aliphatic rings. The number of hydrogen-bond acceptors (Lipinski definition) is 3. The Bertz CT molecular complexity index is 447. The predicted molar refractivity (Wildman–Crippen MR) is 79.2 cm³/mol. The van der Waals surface area contributed by atoms with Gasteiger partial charge in [-0.05, 0) is 17.7 Å². The minimum Gasteiger partial charge on any atom is -0.387 e. The van der Waals surface area contributed by atoms with E-state index in [0.29, 0.717) is 16.1 Å². The summed E-state index contributed by atoms with van der Waals surface area (Å²) in [6.45, 7) is 4.27. The molecule has 4 atom stereocenters. The van der Waals surface area contributed by atoms with Crippen molar-refractivity contribution in [2.24, 2.45) is 0 Å². The number of aliphatic hydroxyl groups is 1. The van der Waals surface area contributed by atoms with Crippen molar-refractivity contribution in [2.75, 3.05) is 5.75 Å². The van der Waals surface area contributed by atoms with Gasteiger partial charge in [-0.1, -0.05) is 26.0 Å². The van der Waals surface area contributed by atoms with E-state index in [-0.39, 0.29) is 5.25 Å². The van der Waals surface area contributed by atoms with Crippen molar-refractivity contribution in [3.8, 4) is 0 Å². The molecule has 0 bridgehead atoms. The van der Waals surface area contributed by atoms with Crippen LogP contribution in [0, 0.1) is 0 Å². The highest BCUT2D eigenvalue weighted by molar-refractivity contribution is 8.07. The number of rotatable bonds is 2. The van der Waals surface area contributed by atoms with Crippen LogP contribution in [-0.2, 0) is 6.18 Å². The average Bonchev–Trinajstić information content (AvgIpc) is 2.40. The second-order valence-corrected chi connectivity index (χ2v) is 8.01. The first-order valence-electron chi connectivity index (χ1n) is 6.41. The number of alkyl halides is 3. The van der Waals surface area contributed by atoms with Crippen LogP contribution in [0.15, 0.2) is 24.3 Å². The van der Waals surface area contributed by atoms with Crippen LogP contribution >= 0.6 is 23.5 Å². The molecular weight excluding hydrogens is 305 g/mol. The van der Waals surface area contributed by atoms with Crippen LogP contribution in [0.2, 0.25) is 0 Å². The van der Waals surface area contributed by atoms with E-state index in [0.717, 1.165) is 17.9 Å². The SMILES string of the molecule is CC1SCC(C(O)c2ccc(C(F)(F)F)cc2)SC1C. The molecule has 2 rings (SSSR count). The molecule has 1 fully saturated rings. The van der Waals surface area contributed by atoms with Crippen LogP contribution in [0.3, 0.4) is 0 Å². The van der Waals surface area contributed by atoms with E-state index in [1.54, 1.807) is 23.5 Å². The number of halogens is 3. The average molecular weight is 322 g/mol. The van der Waals surface area contributed by atoms with Crippen LogP contribution in [-0.4, -0.2) is 26.6 Å². The van der Waals surface area contributed by atoms with Crippen LogP contribution in [0.25, 0.3) is 0 Å². The molecule has 1 nitrogen and oxygen atoms in total. The molecule has 1 aromatic rings. The Kier molecular flexibility index (Phi) is 4.97. The van der Waals surface area contributed by atoms with Crippen LogP contribution in [0.1, 0.15) is 31.1 Å². The summed E-state index contributed by atoms with van der Waals surface area (Å²) in [7, 11) is 0. The summed E-state index contributed by atoms with van der Waals surface area (Å²) in [6.07, 6.45) is -5.05. The van der Waals surface area contributed by atoms with Gasteiger partial charge < -0.3 is 5.11 Å². The molecule has 20 heavy (non-hydrogen) atoms. The van der Waals surface area contributed by atoms with E-state index in [2.05, 4.69) is 13.8 Å². The highest BCUT2D eigenvalue weighted by atomic mass is 32.2. The highest BCUT2D eigenvalue weighted by Gasteiger charge is 2.33. The third kappa shape index (κ3) is 3.65. The molecule has 0 amide bonds. The Morgan fingerprint density at radius 1 is 1.15 bits per heavy atom. The van der Waals surface area contributed by atoms with Gasteiger partial charge in [-0.2, -0.15) is 36.7 Å². The first-order valence-corrected chi connectivity index (χ1v) is 8.40. The first kappa shape index (κ1) is 16.0. The minimum atomic E-state index is -4.33. The maximum Gasteiger partial charge on any atom is 0.416 e. The summed E-state index contributed by atoms with van der Waals surface area (Å²) in [5.41, 5.74) is -0.126. The lowest BCUT2D eigenvalue weighted by Gasteiger charge is -2.34. The topological polar surface area (TPSA) is 20.2 Å². The van der Waals surface area contributed by atoms with Crippen molar-refractivity contribution in [1.82, 2.24) is 0 Å². The number of benzene rings is 1. The largest absolute Gasteiger partial charge is 0.416 e. The molecule has 1 saturated heterocycles. The van der Waals surface area contributed by atoms with E-state index in [9.17, 15) is 18.3 Å². The second-order valence-electron chi connectivity index (χ2n) is 4.98. The summed E-state index contributed by atoms with van der Waals surface area (Å²) >= 11 is 3.52. The van der Waals surface area contributed by atoms with Gasteiger partial charge in [0, 0.05) is 21.5 Å². The molecule has 4 unspecified atom stereocenters. The quantitative estimate of drug-likeness (QED) is 0.873. The molecule has 0 radical (unpaired) electrons. The zero-order chi connectivity index (χ0) is 14.9. The molecule has 0 aliphatic carbocycles. The summed E-state index contributed by atoms with van der Waals surface area (Å²) in [4.78, 5) is 0. The molecule has 1 N–H and O–H groups in total. The third-order valence-corrected chi connectivity index (χ3v) is 6.99. The lowest BCUT2D eigenvalue weighted by Crippen LogP contribution is -2.30. The Morgan fingerprint density at radius 3 is 2.25 bits per heavy atom. The molecule has 6 heteroatoms. The Hall–Kier alpha value is -0.330. The highest BCUT2D eigenvalue weighted by Crippen LogP contribution is 2.41. The first-order chi connectivity index (χ1) is 9.29. The fourth-order valence-electron chi connectivity index (χ4n) is 2.06. The number of aliphatic hydroxyl groups excluding tert-OH is 1. The van der Waals surface area contributed by atoms with E-state index in [4.69, 9.17) is 0 Å². The maximum absolute atomic E-state index is 12.5. The lowest BCUT2D eigenvalue weighted by molar-refractivity contribution is -0.137. The zero-order valence-electron chi connectivity index (χ0n) is 11.2. The fourth-order valence-corrected chi connectivity index (χ4v) is 5.06. The van der Waals surface area contributed by atoms with Crippen molar-refractivity contribution < 1.29 is 18.3 Å². The van der Waals surface area contributed by atoms with Crippen molar-refractivity contribution in [3.05, 3.63) is 35.4 Å². The van der Waals surface area contributed by atoms with Crippen molar-refractivity contribution >= 4 is 23.5 Å². The van der Waals surface area contributed by atoms with Gasteiger partial charge in [0.25, 0.3) is 0 Å². The number of thioether (sulfide) groups is 2. The zero-order valence-corrected chi connectivity index (χ0v) is 12.9. The predicted octanol–water partition coefficient (Wildman–Crippen LogP) is 4.36.